The summed E-state index contributed by atoms with van der Waals surface area (Å²) >= 11 is 0. The number of halogens is 1. The van der Waals surface area contributed by atoms with Crippen LogP contribution >= 0.6 is 0 Å². The van der Waals surface area contributed by atoms with Crippen LogP contribution in [0.5, 0.6) is 5.75 Å². The van der Waals surface area contributed by atoms with E-state index in [9.17, 15) is 14.0 Å². The number of H-pyrrole nitrogens is 2. The van der Waals surface area contributed by atoms with Gasteiger partial charge in [0, 0.05) is 38.4 Å². The molecule has 0 amide bonds. The first kappa shape index (κ1) is 29.5. The van der Waals surface area contributed by atoms with Gasteiger partial charge in [-0.05, 0) is 92.9 Å². The second kappa shape index (κ2) is 13.3. The molecule has 0 radical (unpaired) electrons. The van der Waals surface area contributed by atoms with E-state index in [1.165, 1.54) is 12.1 Å². The van der Waals surface area contributed by atoms with Gasteiger partial charge in [-0.2, -0.15) is 0 Å². The third kappa shape index (κ3) is 7.43. The number of imidazole rings is 1. The standard InChI is InChI=1S/C32H39FN6O3/c1-22(2)30-27(34-21-39(30)13-5-12-38-16-14-37(3)15-17-38)20-29-32(41)35-28(31(40)36-29)19-23-6-4-7-26(18-23)42-25-10-8-24(33)9-11-25/h7-11,18-22H,4-6,12-17H2,1-3H3,(H,35,41)(H,36,40)/b28-19-,29-20-. The van der Waals surface area contributed by atoms with Crippen molar-refractivity contribution in [3.63, 3.8) is 0 Å². The van der Waals surface area contributed by atoms with Crippen molar-refractivity contribution in [2.45, 2.75) is 45.6 Å². The Kier molecular flexibility index (Phi) is 9.34. The van der Waals surface area contributed by atoms with Gasteiger partial charge >= 0.3 is 0 Å². The lowest BCUT2D eigenvalue weighted by Crippen LogP contribution is -2.46. The van der Waals surface area contributed by atoms with Crippen LogP contribution in [0.4, 0.5) is 4.39 Å². The first-order valence-electron chi connectivity index (χ1n) is 14.6. The molecule has 1 aromatic carbocycles. The minimum atomic E-state index is -0.394. The molecule has 1 saturated heterocycles. The Bertz CT molecular complexity index is 1690. The van der Waals surface area contributed by atoms with Crippen LogP contribution in [0.3, 0.4) is 0 Å². The van der Waals surface area contributed by atoms with Crippen molar-refractivity contribution in [3.05, 3.63) is 103 Å². The smallest absolute Gasteiger partial charge is 0.272 e. The number of benzene rings is 1. The van der Waals surface area contributed by atoms with Gasteiger partial charge < -0.3 is 29.1 Å². The Hall–Kier alpha value is -4.02. The van der Waals surface area contributed by atoms with Crippen molar-refractivity contribution in [3.8, 4) is 5.75 Å². The number of nitrogens with zero attached hydrogens (tertiary/aromatic N) is 4. The van der Waals surface area contributed by atoms with Gasteiger partial charge in [0.2, 0.25) is 0 Å². The van der Waals surface area contributed by atoms with Crippen LogP contribution in [0, 0.1) is 5.82 Å². The zero-order valence-corrected chi connectivity index (χ0v) is 24.5. The van der Waals surface area contributed by atoms with Crippen LogP contribution in [0.15, 0.2) is 63.7 Å². The fourth-order valence-corrected chi connectivity index (χ4v) is 5.40. The number of aryl methyl sites for hydroxylation is 1. The summed E-state index contributed by atoms with van der Waals surface area (Å²) < 4.78 is 21.2. The minimum absolute atomic E-state index is 0.166. The summed E-state index contributed by atoms with van der Waals surface area (Å²) in [5.41, 5.74) is 1.78. The summed E-state index contributed by atoms with van der Waals surface area (Å²) in [6.07, 6.45) is 11.3. The van der Waals surface area contributed by atoms with E-state index < -0.39 is 11.1 Å². The number of ether oxygens (including phenoxy) is 1. The van der Waals surface area contributed by atoms with Crippen molar-refractivity contribution in [1.82, 2.24) is 29.3 Å². The van der Waals surface area contributed by atoms with Crippen LogP contribution in [-0.4, -0.2) is 69.1 Å². The van der Waals surface area contributed by atoms with E-state index >= 15 is 0 Å². The molecule has 222 valence electrons. The van der Waals surface area contributed by atoms with Crippen molar-refractivity contribution in [1.29, 1.82) is 0 Å². The van der Waals surface area contributed by atoms with Gasteiger partial charge in [0.25, 0.3) is 11.1 Å². The summed E-state index contributed by atoms with van der Waals surface area (Å²) in [4.78, 5) is 40.9. The number of hydrogen-bond donors (Lipinski definition) is 2. The second-order valence-corrected chi connectivity index (χ2v) is 11.3. The van der Waals surface area contributed by atoms with Gasteiger partial charge in [-0.3, -0.25) is 9.59 Å². The maximum Gasteiger partial charge on any atom is 0.272 e. The summed E-state index contributed by atoms with van der Waals surface area (Å²) in [6, 6.07) is 5.79. The maximum absolute atomic E-state index is 13.2. The highest BCUT2D eigenvalue weighted by molar-refractivity contribution is 5.50. The lowest BCUT2D eigenvalue weighted by molar-refractivity contribution is 0.151. The number of allylic oxidation sites excluding steroid dienone is 3. The SMILES string of the molecule is CC(C)c1c(/C=c2\[nH]c(=O)/c(=C/C3=CC(Oc4ccc(F)cc4)=CCC3)[nH]c2=O)ncn1CCCN1CCN(C)CC1. The Morgan fingerprint density at radius 1 is 1.00 bits per heavy atom. The zero-order valence-electron chi connectivity index (χ0n) is 24.5. The predicted molar refractivity (Wildman–Crippen MR) is 162 cm³/mol. The van der Waals surface area contributed by atoms with Crippen LogP contribution in [-0.2, 0) is 6.54 Å². The molecule has 2 N–H and O–H groups in total. The molecule has 3 heterocycles. The molecule has 2 aliphatic rings. The normalized spacial score (nSPS) is 17.5. The molecular weight excluding hydrogens is 535 g/mol. The molecule has 10 heteroatoms. The van der Waals surface area contributed by atoms with E-state index in [0.717, 1.165) is 57.0 Å². The van der Waals surface area contributed by atoms with Crippen LogP contribution in [0.1, 0.15) is 50.4 Å². The molecule has 1 aliphatic heterocycles. The third-order valence-electron chi connectivity index (χ3n) is 7.68. The molecule has 5 rings (SSSR count). The molecule has 0 spiro atoms. The lowest BCUT2D eigenvalue weighted by Gasteiger charge is -2.32. The van der Waals surface area contributed by atoms with Crippen molar-refractivity contribution in [2.24, 2.45) is 0 Å². The molecular formula is C32H39FN6O3. The molecule has 0 atom stereocenters. The molecule has 2 aromatic heterocycles. The van der Waals surface area contributed by atoms with Crippen LogP contribution < -0.4 is 26.6 Å². The number of aromatic amines is 2. The number of piperazine rings is 1. The van der Waals surface area contributed by atoms with Crippen molar-refractivity contribution in [2.75, 3.05) is 39.8 Å². The molecule has 42 heavy (non-hydrogen) atoms. The first-order chi connectivity index (χ1) is 20.2. The fourth-order valence-electron chi connectivity index (χ4n) is 5.40. The van der Waals surface area contributed by atoms with Gasteiger partial charge in [-0.25, -0.2) is 9.37 Å². The molecule has 9 nitrogen and oxygen atoms in total. The van der Waals surface area contributed by atoms with Gasteiger partial charge in [-0.15, -0.1) is 0 Å². The second-order valence-electron chi connectivity index (χ2n) is 11.3. The first-order valence-corrected chi connectivity index (χ1v) is 14.6. The zero-order chi connectivity index (χ0) is 29.6. The fraction of sp³-hybridized carbons (Fsp3) is 0.406. The monoisotopic (exact) mass is 574 g/mol. The Morgan fingerprint density at radius 2 is 1.69 bits per heavy atom. The number of rotatable bonds is 9. The Balaban J connectivity index is 1.33. The van der Waals surface area contributed by atoms with Gasteiger partial charge in [0.05, 0.1) is 12.0 Å². The highest BCUT2D eigenvalue weighted by Crippen LogP contribution is 2.22. The van der Waals surface area contributed by atoms with E-state index in [4.69, 9.17) is 4.74 Å². The summed E-state index contributed by atoms with van der Waals surface area (Å²) in [5.74, 6) is 0.977. The number of aromatic nitrogens is 4. The predicted octanol–water partition coefficient (Wildman–Crippen LogP) is 2.45. The lowest BCUT2D eigenvalue weighted by atomic mass is 10.0. The largest absolute Gasteiger partial charge is 0.458 e. The van der Waals surface area contributed by atoms with E-state index in [-0.39, 0.29) is 22.4 Å². The molecule has 1 fully saturated rings. The van der Waals surface area contributed by atoms with Crippen LogP contribution in [0.2, 0.25) is 0 Å². The molecule has 0 saturated carbocycles. The van der Waals surface area contributed by atoms with E-state index in [1.54, 1.807) is 24.3 Å². The third-order valence-corrected chi connectivity index (χ3v) is 7.68. The highest BCUT2D eigenvalue weighted by atomic mass is 19.1. The van der Waals surface area contributed by atoms with E-state index in [2.05, 4.69) is 50.2 Å². The number of hydrogen-bond acceptors (Lipinski definition) is 6. The minimum Gasteiger partial charge on any atom is -0.458 e. The van der Waals surface area contributed by atoms with Gasteiger partial charge in [-0.1, -0.05) is 13.8 Å². The number of nitrogens with one attached hydrogen (secondary N) is 2. The average molecular weight is 575 g/mol. The van der Waals surface area contributed by atoms with Crippen molar-refractivity contribution < 1.29 is 9.13 Å². The number of likely N-dealkylation sites (N-methyl/N-ethyl adjacent to an activating group) is 1. The Morgan fingerprint density at radius 3 is 2.38 bits per heavy atom. The molecule has 1 aliphatic carbocycles. The molecule has 3 aromatic rings. The van der Waals surface area contributed by atoms with Gasteiger partial charge in [0.15, 0.2) is 0 Å². The summed E-state index contributed by atoms with van der Waals surface area (Å²) in [5, 5.41) is 0.338. The van der Waals surface area contributed by atoms with Crippen LogP contribution in [0.25, 0.3) is 12.2 Å². The maximum atomic E-state index is 13.2. The molecule has 0 unspecified atom stereocenters. The highest BCUT2D eigenvalue weighted by Gasteiger charge is 2.16. The van der Waals surface area contributed by atoms with Gasteiger partial charge in [0.1, 0.15) is 28.0 Å². The van der Waals surface area contributed by atoms with E-state index in [0.29, 0.717) is 30.0 Å². The summed E-state index contributed by atoms with van der Waals surface area (Å²) in [7, 11) is 2.16. The quantitative estimate of drug-likeness (QED) is 0.408. The Labute approximate surface area is 244 Å². The summed E-state index contributed by atoms with van der Waals surface area (Å²) in [6.45, 7) is 10.5. The molecule has 0 bridgehead atoms. The van der Waals surface area contributed by atoms with E-state index in [1.807, 2.05) is 18.5 Å². The van der Waals surface area contributed by atoms with Crippen molar-refractivity contribution >= 4 is 12.2 Å². The average Bonchev–Trinajstić information content (AvgIpc) is 3.36. The topological polar surface area (TPSA) is 99.2 Å².